The summed E-state index contributed by atoms with van der Waals surface area (Å²) in [6.07, 6.45) is -0.505. The van der Waals surface area contributed by atoms with E-state index in [0.717, 1.165) is 0 Å². The lowest BCUT2D eigenvalue weighted by atomic mass is 10.1. The van der Waals surface area contributed by atoms with Crippen LogP contribution in [0.25, 0.3) is 0 Å². The minimum atomic E-state index is -1.30. The molecule has 0 aromatic rings. The highest BCUT2D eigenvalue weighted by molar-refractivity contribution is 7.80. The monoisotopic (exact) mass is 377 g/mol. The first kappa shape index (κ1) is 22.7. The maximum absolute atomic E-state index is 12.2. The van der Waals surface area contributed by atoms with Crippen LogP contribution in [-0.2, 0) is 24.0 Å². The second-order valence-electron chi connectivity index (χ2n) is 5.26. The number of carbonyl (C=O) groups excluding carboxylic acids is 4. The lowest BCUT2D eigenvalue weighted by Crippen LogP contribution is -2.55. The normalized spacial score (nSPS) is 14.0. The van der Waals surface area contributed by atoms with Crippen LogP contribution in [0.5, 0.6) is 0 Å². The molecule has 25 heavy (non-hydrogen) atoms. The van der Waals surface area contributed by atoms with Crippen molar-refractivity contribution < 1.29 is 29.1 Å². The van der Waals surface area contributed by atoms with Gasteiger partial charge in [0.25, 0.3) is 0 Å². The molecule has 0 radical (unpaired) electrons. The molecule has 9 N–H and O–H groups in total. The van der Waals surface area contributed by atoms with Crippen LogP contribution in [0.4, 0.5) is 0 Å². The van der Waals surface area contributed by atoms with Crippen molar-refractivity contribution in [1.82, 2.24) is 10.6 Å². The van der Waals surface area contributed by atoms with E-state index >= 15 is 0 Å². The Morgan fingerprint density at radius 2 is 1.36 bits per heavy atom. The van der Waals surface area contributed by atoms with Gasteiger partial charge in [0.05, 0.1) is 6.04 Å². The number of thiol groups is 1. The lowest BCUT2D eigenvalue weighted by Gasteiger charge is -2.22. The number of amides is 4. The summed E-state index contributed by atoms with van der Waals surface area (Å²) in [7, 11) is 0. The highest BCUT2D eigenvalue weighted by Crippen LogP contribution is 2.02. The fourth-order valence-electron chi connectivity index (χ4n) is 1.72. The predicted molar refractivity (Wildman–Crippen MR) is 90.2 cm³/mol. The van der Waals surface area contributed by atoms with Gasteiger partial charge in [-0.25, -0.2) is 4.79 Å². The first-order valence-corrected chi connectivity index (χ1v) is 7.98. The van der Waals surface area contributed by atoms with Crippen LogP contribution in [-0.4, -0.2) is 58.6 Å². The summed E-state index contributed by atoms with van der Waals surface area (Å²) < 4.78 is 0. The molecule has 11 nitrogen and oxygen atoms in total. The van der Waals surface area contributed by atoms with E-state index < -0.39 is 47.7 Å². The average molecular weight is 377 g/mol. The highest BCUT2D eigenvalue weighted by atomic mass is 32.1. The van der Waals surface area contributed by atoms with E-state index in [4.69, 9.17) is 22.3 Å². The summed E-state index contributed by atoms with van der Waals surface area (Å²) >= 11 is 3.81. The molecule has 0 spiro atoms. The van der Waals surface area contributed by atoms with Crippen LogP contribution >= 0.6 is 12.6 Å². The first-order valence-electron chi connectivity index (χ1n) is 7.35. The van der Waals surface area contributed by atoms with Crippen molar-refractivity contribution in [2.24, 2.45) is 17.2 Å². The molecule has 0 aliphatic carbocycles. The third-order valence-electron chi connectivity index (χ3n) is 3.15. The number of hydrogen-bond acceptors (Lipinski definition) is 7. The smallest absolute Gasteiger partial charge is 0.327 e. The molecular formula is C13H23N5O6S. The molecule has 0 saturated heterocycles. The zero-order valence-corrected chi connectivity index (χ0v) is 14.3. The van der Waals surface area contributed by atoms with Gasteiger partial charge in [-0.15, -0.1) is 0 Å². The Morgan fingerprint density at radius 1 is 0.880 bits per heavy atom. The van der Waals surface area contributed by atoms with Crippen LogP contribution < -0.4 is 27.8 Å². The van der Waals surface area contributed by atoms with Gasteiger partial charge in [-0.05, 0) is 12.8 Å². The average Bonchev–Trinajstić information content (AvgIpc) is 2.52. The Hall–Kier alpha value is -2.34. The molecular weight excluding hydrogens is 354 g/mol. The van der Waals surface area contributed by atoms with Gasteiger partial charge in [-0.3, -0.25) is 19.2 Å². The summed E-state index contributed by atoms with van der Waals surface area (Å²) in [6, 6.07) is -3.59. The fraction of sp³-hybridized carbons (Fsp3) is 0.615. The summed E-state index contributed by atoms with van der Waals surface area (Å²) in [5.41, 5.74) is 15.6. The Bertz CT molecular complexity index is 529. The minimum Gasteiger partial charge on any atom is -0.480 e. The van der Waals surface area contributed by atoms with E-state index in [0.29, 0.717) is 0 Å². The van der Waals surface area contributed by atoms with E-state index in [9.17, 15) is 24.0 Å². The second kappa shape index (κ2) is 11.3. The molecule has 0 heterocycles. The SMILES string of the molecule is NC(=O)CCC(N)C(=O)NC(CCC(N)=O)C(=O)NC(CS)C(=O)O. The molecule has 3 atom stereocenters. The zero-order chi connectivity index (χ0) is 19.6. The molecule has 0 aliphatic rings. The fourth-order valence-corrected chi connectivity index (χ4v) is 1.97. The molecule has 0 aromatic heterocycles. The summed E-state index contributed by atoms with van der Waals surface area (Å²) in [5, 5.41) is 13.4. The van der Waals surface area contributed by atoms with Crippen LogP contribution in [0.1, 0.15) is 25.7 Å². The number of nitrogens with one attached hydrogen (secondary N) is 2. The summed E-state index contributed by atoms with van der Waals surface area (Å²) in [6.45, 7) is 0. The maximum Gasteiger partial charge on any atom is 0.327 e. The Labute approximate surface area is 149 Å². The van der Waals surface area contributed by atoms with Crippen molar-refractivity contribution in [3.05, 3.63) is 0 Å². The van der Waals surface area contributed by atoms with Gasteiger partial charge in [0.1, 0.15) is 12.1 Å². The number of carboxylic acids is 1. The van der Waals surface area contributed by atoms with Crippen molar-refractivity contribution in [3.63, 3.8) is 0 Å². The second-order valence-corrected chi connectivity index (χ2v) is 5.62. The standard InChI is InChI=1S/C13H23N5O6S/c14-6(1-3-9(15)19)11(21)17-7(2-4-10(16)20)12(22)18-8(5-25)13(23)24/h6-8,25H,1-5,14H2,(H2,15,19)(H2,16,20)(H,17,21)(H,18,22)(H,23,24). The van der Waals surface area contributed by atoms with Gasteiger partial charge in [-0.2, -0.15) is 12.6 Å². The number of nitrogens with two attached hydrogens (primary N) is 3. The summed E-state index contributed by atoms with van der Waals surface area (Å²) in [5.74, 6) is -4.38. The molecule has 142 valence electrons. The van der Waals surface area contributed by atoms with Gasteiger partial charge >= 0.3 is 5.97 Å². The molecule has 4 amide bonds. The first-order chi connectivity index (χ1) is 11.6. The number of carboxylic acid groups (broad SMARTS) is 1. The lowest BCUT2D eigenvalue weighted by molar-refractivity contribution is -0.141. The van der Waals surface area contributed by atoms with Crippen LogP contribution in [0.3, 0.4) is 0 Å². The molecule has 12 heteroatoms. The minimum absolute atomic E-state index is 0.0281. The van der Waals surface area contributed by atoms with Crippen LogP contribution in [0.2, 0.25) is 0 Å². The van der Waals surface area contributed by atoms with Crippen LogP contribution in [0, 0.1) is 0 Å². The molecule has 0 rings (SSSR count). The van der Waals surface area contributed by atoms with Crippen molar-refractivity contribution in [3.8, 4) is 0 Å². The van der Waals surface area contributed by atoms with E-state index in [1.807, 2.05) is 0 Å². The Morgan fingerprint density at radius 3 is 1.80 bits per heavy atom. The molecule has 0 aliphatic heterocycles. The van der Waals surface area contributed by atoms with E-state index in [2.05, 4.69) is 23.3 Å². The van der Waals surface area contributed by atoms with E-state index in [1.54, 1.807) is 0 Å². The number of primary amides is 2. The number of aliphatic carboxylic acids is 1. The molecule has 0 aromatic carbocycles. The Balaban J connectivity index is 4.93. The van der Waals surface area contributed by atoms with Gasteiger partial charge in [-0.1, -0.05) is 0 Å². The highest BCUT2D eigenvalue weighted by Gasteiger charge is 2.27. The molecule has 0 fully saturated rings. The number of hydrogen-bond donors (Lipinski definition) is 7. The van der Waals surface area contributed by atoms with E-state index in [1.165, 1.54) is 0 Å². The maximum atomic E-state index is 12.2. The van der Waals surface area contributed by atoms with E-state index in [-0.39, 0.29) is 31.4 Å². The van der Waals surface area contributed by atoms with Gasteiger partial charge in [0, 0.05) is 18.6 Å². The topological polar surface area (TPSA) is 208 Å². The predicted octanol–water partition coefficient (Wildman–Crippen LogP) is -3.17. The summed E-state index contributed by atoms with van der Waals surface area (Å²) in [4.78, 5) is 56.7. The Kier molecular flexibility index (Phi) is 10.2. The van der Waals surface area contributed by atoms with Gasteiger partial charge < -0.3 is 32.9 Å². The van der Waals surface area contributed by atoms with Crippen molar-refractivity contribution >= 4 is 42.2 Å². The third kappa shape index (κ3) is 9.52. The zero-order valence-electron chi connectivity index (χ0n) is 13.4. The molecule has 0 saturated carbocycles. The number of rotatable bonds is 12. The van der Waals surface area contributed by atoms with Gasteiger partial charge in [0.2, 0.25) is 23.6 Å². The molecule has 0 bridgehead atoms. The van der Waals surface area contributed by atoms with Crippen molar-refractivity contribution in [1.29, 1.82) is 0 Å². The van der Waals surface area contributed by atoms with Crippen molar-refractivity contribution in [2.45, 2.75) is 43.8 Å². The number of carbonyl (C=O) groups is 5. The molecule has 3 unspecified atom stereocenters. The third-order valence-corrected chi connectivity index (χ3v) is 3.51. The van der Waals surface area contributed by atoms with Crippen LogP contribution in [0.15, 0.2) is 0 Å². The van der Waals surface area contributed by atoms with Crippen molar-refractivity contribution in [2.75, 3.05) is 5.75 Å². The largest absolute Gasteiger partial charge is 0.480 e. The van der Waals surface area contributed by atoms with Gasteiger partial charge in [0.15, 0.2) is 0 Å². The quantitative estimate of drug-likeness (QED) is 0.173.